The van der Waals surface area contributed by atoms with Gasteiger partial charge >= 0.3 is 0 Å². The molecular formula is C23H19ClN2O4. The van der Waals surface area contributed by atoms with Gasteiger partial charge in [0.25, 0.3) is 0 Å². The van der Waals surface area contributed by atoms with Gasteiger partial charge in [-0.1, -0.05) is 35.9 Å². The predicted molar refractivity (Wildman–Crippen MR) is 119 cm³/mol. The van der Waals surface area contributed by atoms with E-state index < -0.39 is 0 Å². The van der Waals surface area contributed by atoms with Crippen molar-refractivity contribution in [3.63, 3.8) is 0 Å². The molecule has 3 aromatic carbocycles. The largest absolute Gasteiger partial charge is 0.493 e. The van der Waals surface area contributed by atoms with E-state index in [0.29, 0.717) is 44.0 Å². The number of amides is 1. The third-order valence-electron chi connectivity index (χ3n) is 4.93. The number of halogens is 1. The number of carbonyl (C=O) groups excluding carboxylic acids is 1. The molecule has 152 valence electrons. The molecule has 0 atom stereocenters. The maximum Gasteiger partial charge on any atom is 0.244 e. The summed E-state index contributed by atoms with van der Waals surface area (Å²) in [6, 6.07) is 17.7. The fourth-order valence-corrected chi connectivity index (χ4v) is 3.73. The molecule has 1 aromatic heterocycles. The van der Waals surface area contributed by atoms with Crippen molar-refractivity contribution in [2.24, 2.45) is 0 Å². The minimum atomic E-state index is -0.289. The van der Waals surface area contributed by atoms with Gasteiger partial charge in [0, 0.05) is 22.9 Å². The molecule has 30 heavy (non-hydrogen) atoms. The van der Waals surface area contributed by atoms with Crippen molar-refractivity contribution in [2.75, 3.05) is 19.5 Å². The molecule has 0 saturated heterocycles. The number of rotatable bonds is 5. The summed E-state index contributed by atoms with van der Waals surface area (Å²) in [5, 5.41) is 4.28. The monoisotopic (exact) mass is 422 g/mol. The maximum absolute atomic E-state index is 12.9. The first kappa shape index (κ1) is 19.8. The van der Waals surface area contributed by atoms with Crippen LogP contribution < -0.4 is 20.2 Å². The molecule has 7 heteroatoms. The standard InChI is InChI=1S/C23H19ClN2O4/c1-29-20-11-16(24)17(12-21(20)30-2)25-22(27)13-26-18-9-5-3-7-14(18)23(28)15-8-4-6-10-19(15)26/h3-12H,13H2,1-2H3,(H,25,27). The summed E-state index contributed by atoms with van der Waals surface area (Å²) in [5.74, 6) is 0.637. The molecule has 0 radical (unpaired) electrons. The van der Waals surface area contributed by atoms with Gasteiger partial charge in [-0.25, -0.2) is 0 Å². The molecule has 1 N–H and O–H groups in total. The molecule has 4 rings (SSSR count). The number of para-hydroxylation sites is 2. The molecule has 0 saturated carbocycles. The third kappa shape index (κ3) is 3.46. The summed E-state index contributed by atoms with van der Waals surface area (Å²) in [4.78, 5) is 25.8. The van der Waals surface area contributed by atoms with Gasteiger partial charge in [-0.15, -0.1) is 0 Å². The fraction of sp³-hybridized carbons (Fsp3) is 0.130. The minimum Gasteiger partial charge on any atom is -0.493 e. The van der Waals surface area contributed by atoms with Crippen LogP contribution in [0.5, 0.6) is 11.5 Å². The SMILES string of the molecule is COc1cc(Cl)c(NC(=O)Cn2c3ccccc3c(=O)c3ccccc32)cc1OC. The number of carbonyl (C=O) groups is 1. The van der Waals surface area contributed by atoms with Crippen LogP contribution >= 0.6 is 11.6 Å². The lowest BCUT2D eigenvalue weighted by molar-refractivity contribution is -0.116. The summed E-state index contributed by atoms with van der Waals surface area (Å²) in [7, 11) is 3.02. The molecule has 4 aromatic rings. The van der Waals surface area contributed by atoms with Gasteiger partial charge in [0.05, 0.1) is 36.0 Å². The van der Waals surface area contributed by atoms with E-state index in [9.17, 15) is 9.59 Å². The number of ether oxygens (including phenoxy) is 2. The summed E-state index contributed by atoms with van der Waals surface area (Å²) in [6.07, 6.45) is 0. The van der Waals surface area contributed by atoms with Crippen molar-refractivity contribution in [1.82, 2.24) is 4.57 Å². The number of nitrogens with zero attached hydrogens (tertiary/aromatic N) is 1. The second kappa shape index (κ2) is 8.08. The Balaban J connectivity index is 1.75. The second-order valence-electron chi connectivity index (χ2n) is 6.68. The molecule has 1 amide bonds. The average molecular weight is 423 g/mol. The number of anilines is 1. The van der Waals surface area contributed by atoms with Crippen molar-refractivity contribution < 1.29 is 14.3 Å². The van der Waals surface area contributed by atoms with E-state index >= 15 is 0 Å². The van der Waals surface area contributed by atoms with Crippen LogP contribution in [0.15, 0.2) is 65.5 Å². The molecule has 0 aliphatic carbocycles. The Morgan fingerprint density at radius 3 is 2.03 bits per heavy atom. The van der Waals surface area contributed by atoms with Gasteiger partial charge < -0.3 is 19.4 Å². The molecule has 1 heterocycles. The Hall–Kier alpha value is -3.51. The summed E-state index contributed by atoms with van der Waals surface area (Å²) < 4.78 is 12.3. The Kier molecular flexibility index (Phi) is 5.33. The van der Waals surface area contributed by atoms with E-state index in [1.54, 1.807) is 24.3 Å². The van der Waals surface area contributed by atoms with Crippen molar-refractivity contribution >= 4 is 45.0 Å². The van der Waals surface area contributed by atoms with Gasteiger partial charge in [0.2, 0.25) is 5.91 Å². The number of hydrogen-bond donors (Lipinski definition) is 1. The molecule has 0 spiro atoms. The van der Waals surface area contributed by atoms with Crippen LogP contribution in [0, 0.1) is 0 Å². The lowest BCUT2D eigenvalue weighted by Gasteiger charge is -2.16. The molecule has 0 bridgehead atoms. The lowest BCUT2D eigenvalue weighted by Crippen LogP contribution is -2.21. The Labute approximate surface area is 177 Å². The quantitative estimate of drug-likeness (QED) is 0.482. The zero-order valence-electron chi connectivity index (χ0n) is 16.4. The topological polar surface area (TPSA) is 69.6 Å². The van der Waals surface area contributed by atoms with Crippen molar-refractivity contribution in [3.05, 3.63) is 75.9 Å². The Bertz CT molecular complexity index is 1270. The highest BCUT2D eigenvalue weighted by Gasteiger charge is 2.15. The third-order valence-corrected chi connectivity index (χ3v) is 5.24. The number of fused-ring (bicyclic) bond motifs is 2. The maximum atomic E-state index is 12.9. The first-order chi connectivity index (χ1) is 14.5. The van der Waals surface area contributed by atoms with Gasteiger partial charge in [0.15, 0.2) is 16.9 Å². The van der Waals surface area contributed by atoms with E-state index in [4.69, 9.17) is 21.1 Å². The molecule has 0 unspecified atom stereocenters. The number of hydrogen-bond acceptors (Lipinski definition) is 4. The number of benzene rings is 3. The normalized spacial score (nSPS) is 10.9. The first-order valence-electron chi connectivity index (χ1n) is 9.25. The van der Waals surface area contributed by atoms with Crippen LogP contribution in [-0.2, 0) is 11.3 Å². The van der Waals surface area contributed by atoms with Crippen LogP contribution in [0.1, 0.15) is 0 Å². The lowest BCUT2D eigenvalue weighted by atomic mass is 10.1. The summed E-state index contributed by atoms with van der Waals surface area (Å²) >= 11 is 6.30. The van der Waals surface area contributed by atoms with Crippen LogP contribution in [0.25, 0.3) is 21.8 Å². The molecule has 0 fully saturated rings. The van der Waals surface area contributed by atoms with Crippen LogP contribution in [0.3, 0.4) is 0 Å². The second-order valence-corrected chi connectivity index (χ2v) is 7.09. The Morgan fingerprint density at radius 1 is 0.933 bits per heavy atom. The zero-order valence-corrected chi connectivity index (χ0v) is 17.2. The smallest absolute Gasteiger partial charge is 0.244 e. The van der Waals surface area contributed by atoms with E-state index in [2.05, 4.69) is 5.32 Å². The number of methoxy groups -OCH3 is 2. The van der Waals surface area contributed by atoms with Crippen molar-refractivity contribution in [1.29, 1.82) is 0 Å². The van der Waals surface area contributed by atoms with Crippen LogP contribution in [-0.4, -0.2) is 24.7 Å². The highest BCUT2D eigenvalue weighted by molar-refractivity contribution is 6.34. The van der Waals surface area contributed by atoms with E-state index in [1.807, 2.05) is 41.0 Å². The molecule has 0 aliphatic rings. The van der Waals surface area contributed by atoms with Crippen molar-refractivity contribution in [2.45, 2.75) is 6.54 Å². The van der Waals surface area contributed by atoms with Gasteiger partial charge in [-0.05, 0) is 24.3 Å². The van der Waals surface area contributed by atoms with Crippen LogP contribution in [0.4, 0.5) is 5.69 Å². The fourth-order valence-electron chi connectivity index (χ4n) is 3.53. The number of nitrogens with one attached hydrogen (secondary N) is 1. The number of pyridine rings is 1. The van der Waals surface area contributed by atoms with E-state index in [-0.39, 0.29) is 17.9 Å². The number of aromatic nitrogens is 1. The molecule has 6 nitrogen and oxygen atoms in total. The van der Waals surface area contributed by atoms with E-state index in [1.165, 1.54) is 14.2 Å². The van der Waals surface area contributed by atoms with Gasteiger partial charge in [0.1, 0.15) is 6.54 Å². The van der Waals surface area contributed by atoms with Crippen molar-refractivity contribution in [3.8, 4) is 11.5 Å². The molecule has 0 aliphatic heterocycles. The predicted octanol–water partition coefficient (Wildman–Crippen LogP) is 4.46. The van der Waals surface area contributed by atoms with E-state index in [0.717, 1.165) is 0 Å². The van der Waals surface area contributed by atoms with Crippen LogP contribution in [0.2, 0.25) is 5.02 Å². The molecular weight excluding hydrogens is 404 g/mol. The average Bonchev–Trinajstić information content (AvgIpc) is 2.77. The highest BCUT2D eigenvalue weighted by Crippen LogP contribution is 2.36. The van der Waals surface area contributed by atoms with Gasteiger partial charge in [-0.2, -0.15) is 0 Å². The minimum absolute atomic E-state index is 0.00593. The summed E-state index contributed by atoms with van der Waals surface area (Å²) in [5.41, 5.74) is 1.74. The van der Waals surface area contributed by atoms with Gasteiger partial charge in [-0.3, -0.25) is 9.59 Å². The zero-order chi connectivity index (χ0) is 21.3. The Morgan fingerprint density at radius 2 is 1.47 bits per heavy atom. The summed E-state index contributed by atoms with van der Waals surface area (Å²) in [6.45, 7) is 0.00593. The highest BCUT2D eigenvalue weighted by atomic mass is 35.5. The first-order valence-corrected chi connectivity index (χ1v) is 9.63.